The normalized spacial score (nSPS) is 10.8. The molecule has 152 valence electrons. The highest BCUT2D eigenvalue weighted by atomic mass is 16.2. The van der Waals surface area contributed by atoms with Crippen LogP contribution in [0.4, 0.5) is 0 Å². The van der Waals surface area contributed by atoms with Crippen LogP contribution in [0.15, 0.2) is 0 Å². The number of unbranched alkanes of at least 4 members (excludes halogenated alkanes) is 1. The van der Waals surface area contributed by atoms with Gasteiger partial charge in [0.25, 0.3) is 0 Å². The van der Waals surface area contributed by atoms with Crippen LogP contribution in [-0.4, -0.2) is 73.4 Å². The highest BCUT2D eigenvalue weighted by Crippen LogP contribution is 2.03. The van der Waals surface area contributed by atoms with Crippen LogP contribution in [0.3, 0.4) is 0 Å². The van der Waals surface area contributed by atoms with Gasteiger partial charge < -0.3 is 19.5 Å². The van der Waals surface area contributed by atoms with Crippen LogP contribution in [0, 0.1) is 0 Å². The van der Waals surface area contributed by atoms with Crippen molar-refractivity contribution in [2.75, 3.05) is 59.0 Å². The van der Waals surface area contributed by atoms with Crippen molar-refractivity contribution < 1.29 is 19.5 Å². The van der Waals surface area contributed by atoms with Crippen molar-refractivity contribution >= 4 is 0 Å². The molecule has 24 heavy (non-hydrogen) atoms. The molecule has 0 unspecified atom stereocenters. The second-order valence-corrected chi connectivity index (χ2v) is 6.27. The Labute approximate surface area is 154 Å². The Bertz CT molecular complexity index is 159. The molecule has 0 saturated heterocycles. The minimum atomic E-state index is 0. The topological polar surface area (TPSA) is 53.1 Å². The summed E-state index contributed by atoms with van der Waals surface area (Å²) in [5.74, 6) is 0. The van der Waals surface area contributed by atoms with Gasteiger partial charge in [-0.15, -0.1) is 6.61 Å². The van der Waals surface area contributed by atoms with Crippen LogP contribution in [0.25, 0.3) is 0 Å². The number of quaternary nitrogens is 2. The summed E-state index contributed by atoms with van der Waals surface area (Å²) in [4.78, 5) is 0. The minimum absolute atomic E-state index is 0. The lowest BCUT2D eigenvalue weighted by molar-refractivity contribution is -0.921. The van der Waals surface area contributed by atoms with Gasteiger partial charge in [0, 0.05) is 0 Å². The Morgan fingerprint density at radius 2 is 0.708 bits per heavy atom. The maximum atomic E-state index is 9.53. The van der Waals surface area contributed by atoms with Crippen molar-refractivity contribution in [3.8, 4) is 0 Å². The fraction of sp³-hybridized carbons (Fsp3) is 1.00. The second-order valence-electron chi connectivity index (χ2n) is 6.27. The second kappa shape index (κ2) is 20.9. The van der Waals surface area contributed by atoms with Crippen molar-refractivity contribution in [3.05, 3.63) is 0 Å². The highest BCUT2D eigenvalue weighted by molar-refractivity contribution is 4.31. The van der Waals surface area contributed by atoms with Crippen LogP contribution in [0.5, 0.6) is 0 Å². The Balaban J connectivity index is -0.000000128. The average molecular weight is 351 g/mol. The van der Waals surface area contributed by atoms with Crippen molar-refractivity contribution in [1.82, 2.24) is 0 Å². The van der Waals surface area contributed by atoms with E-state index in [0.29, 0.717) is 0 Å². The third-order valence-electron chi connectivity index (χ3n) is 5.86. The zero-order valence-corrected chi connectivity index (χ0v) is 18.5. The van der Waals surface area contributed by atoms with E-state index in [1.807, 2.05) is 6.92 Å². The summed E-state index contributed by atoms with van der Waals surface area (Å²) in [6.07, 6.45) is 1.86. The van der Waals surface area contributed by atoms with Gasteiger partial charge in [0.2, 0.25) is 0 Å². The van der Waals surface area contributed by atoms with E-state index in [2.05, 4.69) is 55.4 Å². The predicted octanol–water partition coefficient (Wildman–Crippen LogP) is 3.74. The molecule has 0 aromatic carbocycles. The molecule has 0 rings (SSSR count). The molecule has 0 atom stereocenters. The quantitative estimate of drug-likeness (QED) is 0.564. The summed E-state index contributed by atoms with van der Waals surface area (Å²) in [7, 11) is 0. The largest absolute Gasteiger partial charge is 0.870 e. The summed E-state index contributed by atoms with van der Waals surface area (Å²) >= 11 is 0. The van der Waals surface area contributed by atoms with Crippen molar-refractivity contribution in [3.63, 3.8) is 0 Å². The molecule has 0 radical (unpaired) electrons. The minimum Gasteiger partial charge on any atom is -0.870 e. The Kier molecular flexibility index (Phi) is 27.5. The molecule has 4 heteroatoms. The Morgan fingerprint density at radius 3 is 0.708 bits per heavy atom. The summed E-state index contributed by atoms with van der Waals surface area (Å²) in [6.45, 7) is 30.6. The highest BCUT2D eigenvalue weighted by Gasteiger charge is 2.16. The first-order chi connectivity index (χ1) is 10.9. The molecule has 4 nitrogen and oxygen atoms in total. The smallest absolute Gasteiger partial charge is 0.0757 e. The van der Waals surface area contributed by atoms with Gasteiger partial charge in [-0.05, 0) is 55.4 Å². The average Bonchev–Trinajstić information content (AvgIpc) is 2.62. The van der Waals surface area contributed by atoms with Gasteiger partial charge in [-0.25, -0.2) is 0 Å². The number of hydrogen-bond donors (Lipinski definition) is 0. The summed E-state index contributed by atoms with van der Waals surface area (Å²) < 4.78 is 2.56. The lowest BCUT2D eigenvalue weighted by atomic mass is 10.3. The molecule has 0 bridgehead atoms. The fourth-order valence-electron chi connectivity index (χ4n) is 2.83. The SMILES string of the molecule is CCCC[O-].CC[N+](CC)(CC)CC.CC[N+](CC)(CC)CC.[OH-]. The van der Waals surface area contributed by atoms with Gasteiger partial charge in [0.1, 0.15) is 0 Å². The third-order valence-corrected chi connectivity index (χ3v) is 5.86. The monoisotopic (exact) mass is 350 g/mol. The molecule has 0 aromatic rings. The number of nitrogens with zero attached hydrogens (tertiary/aromatic N) is 2. The molecule has 0 fully saturated rings. The van der Waals surface area contributed by atoms with Gasteiger partial charge in [-0.3, -0.25) is 0 Å². The van der Waals surface area contributed by atoms with Gasteiger partial charge >= 0.3 is 0 Å². The van der Waals surface area contributed by atoms with E-state index < -0.39 is 0 Å². The molecule has 0 heterocycles. The van der Waals surface area contributed by atoms with Gasteiger partial charge in [-0.2, -0.15) is 0 Å². The first kappa shape index (κ1) is 31.6. The zero-order chi connectivity index (χ0) is 18.8. The maximum absolute atomic E-state index is 9.53. The van der Waals surface area contributed by atoms with E-state index >= 15 is 0 Å². The molecule has 1 N–H and O–H groups in total. The van der Waals surface area contributed by atoms with Crippen LogP contribution in [0.2, 0.25) is 0 Å². The van der Waals surface area contributed by atoms with E-state index in [0.717, 1.165) is 12.8 Å². The Hall–Kier alpha value is -0.160. The van der Waals surface area contributed by atoms with E-state index in [1.165, 1.54) is 61.3 Å². The summed E-state index contributed by atoms with van der Waals surface area (Å²) in [5.41, 5.74) is 0. The van der Waals surface area contributed by atoms with E-state index in [-0.39, 0.29) is 12.1 Å². The van der Waals surface area contributed by atoms with Gasteiger partial charge in [0.15, 0.2) is 0 Å². The molecule has 0 aliphatic rings. The molecule has 0 amide bonds. The van der Waals surface area contributed by atoms with Crippen LogP contribution >= 0.6 is 0 Å². The lowest BCUT2D eigenvalue weighted by Crippen LogP contribution is -2.47. The first-order valence-corrected chi connectivity index (χ1v) is 10.2. The summed E-state index contributed by atoms with van der Waals surface area (Å²) in [5, 5.41) is 9.53. The molecular formula is C20H50N2O2. The molecule has 0 aromatic heterocycles. The van der Waals surface area contributed by atoms with Crippen LogP contribution in [-0.2, 0) is 0 Å². The Morgan fingerprint density at radius 1 is 0.500 bits per heavy atom. The molecular weight excluding hydrogens is 300 g/mol. The van der Waals surface area contributed by atoms with Crippen molar-refractivity contribution in [2.45, 2.75) is 75.2 Å². The maximum Gasteiger partial charge on any atom is 0.0757 e. The van der Waals surface area contributed by atoms with E-state index in [4.69, 9.17) is 0 Å². The lowest BCUT2D eigenvalue weighted by Gasteiger charge is -2.34. The summed E-state index contributed by atoms with van der Waals surface area (Å²) in [6, 6.07) is 0. The number of rotatable bonds is 10. The molecule has 0 spiro atoms. The molecule has 0 aliphatic heterocycles. The van der Waals surface area contributed by atoms with Crippen LogP contribution in [0.1, 0.15) is 75.2 Å². The number of hydrogen-bond acceptors (Lipinski definition) is 2. The van der Waals surface area contributed by atoms with Gasteiger partial charge in [0.05, 0.1) is 52.4 Å². The van der Waals surface area contributed by atoms with E-state index in [9.17, 15) is 5.11 Å². The predicted molar refractivity (Wildman–Crippen MR) is 107 cm³/mol. The van der Waals surface area contributed by atoms with Crippen molar-refractivity contribution in [2.24, 2.45) is 0 Å². The zero-order valence-electron chi connectivity index (χ0n) is 18.5. The van der Waals surface area contributed by atoms with E-state index in [1.54, 1.807) is 0 Å². The third kappa shape index (κ3) is 14.2. The molecule has 0 aliphatic carbocycles. The van der Waals surface area contributed by atoms with Crippen molar-refractivity contribution in [1.29, 1.82) is 0 Å². The standard InChI is InChI=1S/2C8H20N.C4H9O.H2O/c2*1-5-9(6-2,7-3)8-4;1-2-3-4-5;/h2*5-8H2,1-4H3;2-4H2,1H3;1H2/q2*+1;-1;/p-1. The molecule has 0 saturated carbocycles. The fourth-order valence-corrected chi connectivity index (χ4v) is 2.83. The first-order valence-electron chi connectivity index (χ1n) is 10.2. The van der Waals surface area contributed by atoms with Gasteiger partial charge in [-0.1, -0.05) is 19.8 Å². The van der Waals surface area contributed by atoms with Crippen LogP contribution < -0.4 is 5.11 Å².